The molecule has 2 aromatic carbocycles. The zero-order valence-corrected chi connectivity index (χ0v) is 11.8. The number of nitrogens with one attached hydrogen (secondary N) is 1. The molecular weight excluding hydrogens is 246 g/mol. The molecule has 0 aliphatic carbocycles. The van der Waals surface area contributed by atoms with Crippen molar-refractivity contribution in [1.82, 2.24) is 0 Å². The monoisotopic (exact) mass is 263 g/mol. The predicted octanol–water partition coefficient (Wildman–Crippen LogP) is 3.74. The van der Waals surface area contributed by atoms with Crippen LogP contribution in [0.2, 0.25) is 0 Å². The Labute approximate surface area is 119 Å². The van der Waals surface area contributed by atoms with Gasteiger partial charge in [0.1, 0.15) is 0 Å². The van der Waals surface area contributed by atoms with E-state index in [1.807, 2.05) is 18.2 Å². The van der Waals surface area contributed by atoms with Crippen LogP contribution in [0.3, 0.4) is 0 Å². The van der Waals surface area contributed by atoms with Gasteiger partial charge in [0.15, 0.2) is 0 Å². The summed E-state index contributed by atoms with van der Waals surface area (Å²) in [5.41, 5.74) is 6.67. The molecule has 0 atom stereocenters. The van der Waals surface area contributed by atoms with E-state index in [2.05, 4.69) is 48.3 Å². The molecule has 1 aliphatic heterocycles. The van der Waals surface area contributed by atoms with Gasteiger partial charge in [-0.1, -0.05) is 18.2 Å². The molecule has 0 aromatic heterocycles. The minimum Gasteiger partial charge on any atom is -0.382 e. The van der Waals surface area contributed by atoms with E-state index in [9.17, 15) is 0 Å². The van der Waals surface area contributed by atoms with Crippen molar-refractivity contribution in [3.05, 3.63) is 53.1 Å². The highest BCUT2D eigenvalue weighted by atomic mass is 15.2. The summed E-state index contributed by atoms with van der Waals surface area (Å²) in [6.45, 7) is 6.09. The van der Waals surface area contributed by atoms with Gasteiger partial charge in [0.05, 0.1) is 23.0 Å². The van der Waals surface area contributed by atoms with E-state index >= 15 is 0 Å². The van der Waals surface area contributed by atoms with Gasteiger partial charge < -0.3 is 10.2 Å². The quantitative estimate of drug-likeness (QED) is 0.852. The van der Waals surface area contributed by atoms with Crippen LogP contribution in [-0.2, 0) is 0 Å². The third-order valence-electron chi connectivity index (χ3n) is 3.78. The molecule has 100 valence electrons. The van der Waals surface area contributed by atoms with Gasteiger partial charge in [-0.2, -0.15) is 5.26 Å². The maximum absolute atomic E-state index is 9.12. The van der Waals surface area contributed by atoms with E-state index in [1.165, 1.54) is 16.8 Å². The summed E-state index contributed by atoms with van der Waals surface area (Å²) in [5, 5.41) is 12.5. The van der Waals surface area contributed by atoms with E-state index < -0.39 is 0 Å². The summed E-state index contributed by atoms with van der Waals surface area (Å²) in [4.78, 5) is 2.32. The SMILES string of the molecule is Cc1cccc(C)c1N1CCNc2ccc(C#N)cc21. The molecule has 2 aromatic rings. The Balaban J connectivity index is 2.17. The first-order valence-electron chi connectivity index (χ1n) is 6.82. The largest absolute Gasteiger partial charge is 0.382 e. The molecule has 0 amide bonds. The summed E-state index contributed by atoms with van der Waals surface area (Å²) < 4.78 is 0. The number of fused-ring (bicyclic) bond motifs is 1. The standard InChI is InChI=1S/C17H17N3/c1-12-4-3-5-13(2)17(12)20-9-8-19-15-7-6-14(11-18)10-16(15)20/h3-7,10,19H,8-9H2,1-2H3. The molecule has 1 N–H and O–H groups in total. The van der Waals surface area contributed by atoms with E-state index in [1.54, 1.807) is 0 Å². The Hall–Kier alpha value is -2.47. The Morgan fingerprint density at radius 3 is 2.60 bits per heavy atom. The lowest BCUT2D eigenvalue weighted by molar-refractivity contribution is 0.917. The molecule has 3 heteroatoms. The van der Waals surface area contributed by atoms with Crippen LogP contribution in [0, 0.1) is 25.2 Å². The van der Waals surface area contributed by atoms with Crippen molar-refractivity contribution < 1.29 is 0 Å². The van der Waals surface area contributed by atoms with Gasteiger partial charge in [-0.3, -0.25) is 0 Å². The number of hydrogen-bond donors (Lipinski definition) is 1. The van der Waals surface area contributed by atoms with Crippen molar-refractivity contribution in [1.29, 1.82) is 5.26 Å². The van der Waals surface area contributed by atoms with Crippen molar-refractivity contribution >= 4 is 17.1 Å². The molecule has 0 fully saturated rings. The van der Waals surface area contributed by atoms with Crippen molar-refractivity contribution in [3.8, 4) is 6.07 Å². The van der Waals surface area contributed by atoms with Crippen LogP contribution in [0.15, 0.2) is 36.4 Å². The van der Waals surface area contributed by atoms with Crippen LogP contribution in [0.25, 0.3) is 0 Å². The molecule has 0 saturated heterocycles. The van der Waals surface area contributed by atoms with Crippen LogP contribution in [-0.4, -0.2) is 13.1 Å². The normalized spacial score (nSPS) is 13.3. The second kappa shape index (κ2) is 4.90. The van der Waals surface area contributed by atoms with E-state index in [0.717, 1.165) is 24.5 Å². The lowest BCUT2D eigenvalue weighted by Gasteiger charge is -2.34. The Kier molecular flexibility index (Phi) is 3.08. The zero-order valence-electron chi connectivity index (χ0n) is 11.8. The summed E-state index contributed by atoms with van der Waals surface area (Å²) >= 11 is 0. The first-order chi connectivity index (χ1) is 9.70. The molecule has 0 spiro atoms. The summed E-state index contributed by atoms with van der Waals surface area (Å²) in [7, 11) is 0. The number of rotatable bonds is 1. The van der Waals surface area contributed by atoms with E-state index in [0.29, 0.717) is 5.56 Å². The van der Waals surface area contributed by atoms with Crippen LogP contribution in [0.1, 0.15) is 16.7 Å². The number of anilines is 3. The van der Waals surface area contributed by atoms with Gasteiger partial charge in [0, 0.05) is 18.8 Å². The zero-order chi connectivity index (χ0) is 14.1. The molecule has 1 aliphatic rings. The molecule has 0 radical (unpaired) electrons. The Bertz CT molecular complexity index is 678. The molecular formula is C17H17N3. The average Bonchev–Trinajstić information content (AvgIpc) is 2.47. The minimum absolute atomic E-state index is 0.698. The fraction of sp³-hybridized carbons (Fsp3) is 0.235. The Morgan fingerprint density at radius 2 is 1.90 bits per heavy atom. The van der Waals surface area contributed by atoms with E-state index in [4.69, 9.17) is 5.26 Å². The lowest BCUT2D eigenvalue weighted by Crippen LogP contribution is -2.31. The lowest BCUT2D eigenvalue weighted by atomic mass is 10.0. The van der Waals surface area contributed by atoms with Crippen molar-refractivity contribution in [2.24, 2.45) is 0 Å². The topological polar surface area (TPSA) is 39.1 Å². The van der Waals surface area contributed by atoms with Crippen molar-refractivity contribution in [2.75, 3.05) is 23.3 Å². The molecule has 3 rings (SSSR count). The summed E-state index contributed by atoms with van der Waals surface area (Å²) in [5.74, 6) is 0. The van der Waals surface area contributed by atoms with Crippen LogP contribution in [0.4, 0.5) is 17.1 Å². The number of hydrogen-bond acceptors (Lipinski definition) is 3. The molecule has 0 bridgehead atoms. The second-order valence-corrected chi connectivity index (χ2v) is 5.16. The van der Waals surface area contributed by atoms with Crippen LogP contribution < -0.4 is 10.2 Å². The van der Waals surface area contributed by atoms with Gasteiger partial charge in [0.2, 0.25) is 0 Å². The number of nitrogens with zero attached hydrogens (tertiary/aromatic N) is 2. The van der Waals surface area contributed by atoms with Gasteiger partial charge in [-0.15, -0.1) is 0 Å². The highest BCUT2D eigenvalue weighted by Gasteiger charge is 2.20. The van der Waals surface area contributed by atoms with Crippen LogP contribution in [0.5, 0.6) is 0 Å². The maximum Gasteiger partial charge on any atom is 0.0992 e. The average molecular weight is 263 g/mol. The third kappa shape index (κ3) is 2.00. The fourth-order valence-corrected chi connectivity index (χ4v) is 2.86. The van der Waals surface area contributed by atoms with Crippen molar-refractivity contribution in [3.63, 3.8) is 0 Å². The van der Waals surface area contributed by atoms with E-state index in [-0.39, 0.29) is 0 Å². The number of para-hydroxylation sites is 1. The van der Waals surface area contributed by atoms with Gasteiger partial charge in [-0.05, 0) is 43.2 Å². The summed E-state index contributed by atoms with van der Waals surface area (Å²) in [6, 6.07) is 14.4. The maximum atomic E-state index is 9.12. The molecule has 0 saturated carbocycles. The van der Waals surface area contributed by atoms with Gasteiger partial charge in [0.25, 0.3) is 0 Å². The minimum atomic E-state index is 0.698. The van der Waals surface area contributed by atoms with Crippen LogP contribution >= 0.6 is 0 Å². The van der Waals surface area contributed by atoms with Gasteiger partial charge in [-0.25, -0.2) is 0 Å². The first-order valence-corrected chi connectivity index (χ1v) is 6.82. The highest BCUT2D eigenvalue weighted by molar-refractivity contribution is 5.81. The molecule has 1 heterocycles. The highest BCUT2D eigenvalue weighted by Crippen LogP contribution is 2.38. The number of benzene rings is 2. The first kappa shape index (κ1) is 12.6. The predicted molar refractivity (Wildman–Crippen MR) is 82.6 cm³/mol. The Morgan fingerprint density at radius 1 is 1.15 bits per heavy atom. The number of aryl methyl sites for hydroxylation is 2. The number of nitriles is 1. The third-order valence-corrected chi connectivity index (χ3v) is 3.78. The van der Waals surface area contributed by atoms with Crippen molar-refractivity contribution in [2.45, 2.75) is 13.8 Å². The molecule has 0 unspecified atom stereocenters. The smallest absolute Gasteiger partial charge is 0.0992 e. The summed E-state index contributed by atoms with van der Waals surface area (Å²) in [6.07, 6.45) is 0. The molecule has 20 heavy (non-hydrogen) atoms. The van der Waals surface area contributed by atoms with Gasteiger partial charge >= 0.3 is 0 Å². The second-order valence-electron chi connectivity index (χ2n) is 5.16. The fourth-order valence-electron chi connectivity index (χ4n) is 2.86. The molecule has 3 nitrogen and oxygen atoms in total.